The van der Waals surface area contributed by atoms with Gasteiger partial charge < -0.3 is 16.0 Å². The fraction of sp³-hybridized carbons (Fsp3) is 0.500. The van der Waals surface area contributed by atoms with E-state index in [9.17, 15) is 4.79 Å². The standard InChI is InChI=1S/C28H38N8O/c1-18-14-22(7-10-24(18)33-28-31-13-11-25(34-28)21-4-3-12-30-17-21)32-27(37)26-15-19(2)35-36(26)23-8-5-20(16-29)6-9-23/h5-10,14,19,21,25-26,28,30-31,33-35H,3-4,11-13,15,17H2,1-2H3,(H,32,37). The van der Waals surface area contributed by atoms with E-state index in [1.165, 1.54) is 12.8 Å². The van der Waals surface area contributed by atoms with Crippen molar-refractivity contribution in [2.24, 2.45) is 5.92 Å². The number of carbonyl (C=O) groups excluding carboxylic acids is 1. The van der Waals surface area contributed by atoms with Crippen molar-refractivity contribution in [2.45, 2.75) is 63.9 Å². The second kappa shape index (κ2) is 11.5. The minimum atomic E-state index is -0.345. The van der Waals surface area contributed by atoms with Gasteiger partial charge in [-0.05, 0) is 113 Å². The lowest BCUT2D eigenvalue weighted by Gasteiger charge is -2.39. The Hall–Kier alpha value is -3.16. The molecule has 0 spiro atoms. The van der Waals surface area contributed by atoms with E-state index in [1.807, 2.05) is 35.3 Å². The van der Waals surface area contributed by atoms with Crippen LogP contribution in [0.4, 0.5) is 17.1 Å². The third-order valence-electron chi connectivity index (χ3n) is 7.71. The number of anilines is 3. The van der Waals surface area contributed by atoms with E-state index in [1.54, 1.807) is 12.1 Å². The molecular weight excluding hydrogens is 464 g/mol. The molecule has 5 rings (SSSR count). The van der Waals surface area contributed by atoms with Crippen molar-refractivity contribution >= 4 is 23.0 Å². The number of rotatable bonds is 6. The van der Waals surface area contributed by atoms with Crippen LogP contribution in [-0.2, 0) is 4.79 Å². The summed E-state index contributed by atoms with van der Waals surface area (Å²) < 4.78 is 0. The highest BCUT2D eigenvalue weighted by molar-refractivity contribution is 5.97. The normalized spacial score (nSPS) is 27.9. The van der Waals surface area contributed by atoms with Crippen LogP contribution in [0.5, 0.6) is 0 Å². The minimum Gasteiger partial charge on any atom is -0.357 e. The topological polar surface area (TPSA) is 116 Å². The number of hydrogen-bond donors (Lipinski definition) is 6. The van der Waals surface area contributed by atoms with Crippen LogP contribution in [0.15, 0.2) is 42.5 Å². The Kier molecular flexibility index (Phi) is 7.91. The van der Waals surface area contributed by atoms with Crippen LogP contribution in [0.1, 0.15) is 43.7 Å². The van der Waals surface area contributed by atoms with Gasteiger partial charge in [0.2, 0.25) is 5.91 Å². The van der Waals surface area contributed by atoms with Gasteiger partial charge in [0.15, 0.2) is 0 Å². The van der Waals surface area contributed by atoms with Crippen molar-refractivity contribution in [1.29, 1.82) is 5.26 Å². The van der Waals surface area contributed by atoms with Gasteiger partial charge in [-0.25, -0.2) is 5.43 Å². The van der Waals surface area contributed by atoms with Gasteiger partial charge in [0, 0.05) is 23.5 Å². The summed E-state index contributed by atoms with van der Waals surface area (Å²) in [5.41, 5.74) is 7.74. The number of aryl methyl sites for hydroxylation is 1. The van der Waals surface area contributed by atoms with E-state index in [4.69, 9.17) is 5.26 Å². The molecule has 0 aliphatic carbocycles. The van der Waals surface area contributed by atoms with E-state index >= 15 is 0 Å². The molecule has 2 aromatic carbocycles. The maximum absolute atomic E-state index is 13.3. The molecule has 6 N–H and O–H groups in total. The zero-order chi connectivity index (χ0) is 25.8. The van der Waals surface area contributed by atoms with Crippen LogP contribution in [0, 0.1) is 24.2 Å². The molecule has 3 aliphatic heterocycles. The van der Waals surface area contributed by atoms with Crippen molar-refractivity contribution in [3.8, 4) is 6.07 Å². The maximum atomic E-state index is 13.3. The summed E-state index contributed by atoms with van der Waals surface area (Å²) in [4.78, 5) is 13.3. The highest BCUT2D eigenvalue weighted by Crippen LogP contribution is 2.26. The Morgan fingerprint density at radius 2 is 1.97 bits per heavy atom. The molecule has 5 unspecified atom stereocenters. The Morgan fingerprint density at radius 3 is 2.70 bits per heavy atom. The first-order valence-corrected chi connectivity index (χ1v) is 13.4. The molecule has 3 fully saturated rings. The van der Waals surface area contributed by atoms with Crippen molar-refractivity contribution in [1.82, 2.24) is 21.4 Å². The smallest absolute Gasteiger partial charge is 0.248 e. The summed E-state index contributed by atoms with van der Waals surface area (Å²) in [5, 5.41) is 28.5. The van der Waals surface area contributed by atoms with E-state index in [2.05, 4.69) is 51.9 Å². The highest BCUT2D eigenvalue weighted by atomic mass is 16.2. The Bertz CT molecular complexity index is 1120. The number of hydrogen-bond acceptors (Lipinski definition) is 8. The molecule has 9 nitrogen and oxygen atoms in total. The van der Waals surface area contributed by atoms with Crippen LogP contribution in [0.25, 0.3) is 0 Å². The maximum Gasteiger partial charge on any atom is 0.248 e. The molecule has 3 saturated heterocycles. The summed E-state index contributed by atoms with van der Waals surface area (Å²) in [7, 11) is 0. The molecule has 0 saturated carbocycles. The van der Waals surface area contributed by atoms with Gasteiger partial charge in [0.25, 0.3) is 0 Å². The molecule has 0 aromatic heterocycles. The SMILES string of the molecule is Cc1cc(NC(=O)C2CC(C)NN2c2ccc(C#N)cc2)ccc1NC1NCCC(C2CCCNC2)N1. The highest BCUT2D eigenvalue weighted by Gasteiger charge is 2.35. The van der Waals surface area contributed by atoms with E-state index in [0.29, 0.717) is 23.9 Å². The fourth-order valence-corrected chi connectivity index (χ4v) is 5.71. The summed E-state index contributed by atoms with van der Waals surface area (Å²) in [6.07, 6.45) is 4.39. The first-order chi connectivity index (χ1) is 18.0. The van der Waals surface area contributed by atoms with Gasteiger partial charge in [-0.3, -0.25) is 20.4 Å². The zero-order valence-electron chi connectivity index (χ0n) is 21.7. The lowest BCUT2D eigenvalue weighted by molar-refractivity contribution is -0.117. The number of nitrogens with one attached hydrogen (secondary N) is 6. The van der Waals surface area contributed by atoms with Gasteiger partial charge in [0.1, 0.15) is 12.3 Å². The molecule has 1 amide bonds. The van der Waals surface area contributed by atoms with Crippen molar-refractivity contribution in [2.75, 3.05) is 35.3 Å². The Labute approximate surface area is 219 Å². The molecule has 0 bridgehead atoms. The monoisotopic (exact) mass is 502 g/mol. The number of amides is 1. The van der Waals surface area contributed by atoms with Crippen LogP contribution < -0.4 is 37.0 Å². The Morgan fingerprint density at radius 1 is 1.14 bits per heavy atom. The van der Waals surface area contributed by atoms with Crippen LogP contribution >= 0.6 is 0 Å². The van der Waals surface area contributed by atoms with Crippen molar-refractivity contribution in [3.05, 3.63) is 53.6 Å². The molecule has 2 aromatic rings. The zero-order valence-corrected chi connectivity index (χ0v) is 21.7. The third-order valence-corrected chi connectivity index (χ3v) is 7.71. The molecule has 5 atom stereocenters. The summed E-state index contributed by atoms with van der Waals surface area (Å²) in [5.74, 6) is 0.622. The molecule has 3 heterocycles. The molecule has 196 valence electrons. The third kappa shape index (κ3) is 6.05. The van der Waals surface area contributed by atoms with Crippen molar-refractivity contribution in [3.63, 3.8) is 0 Å². The average molecular weight is 503 g/mol. The van der Waals surface area contributed by atoms with Crippen LogP contribution in [-0.4, -0.2) is 50.0 Å². The predicted octanol–water partition coefficient (Wildman–Crippen LogP) is 2.62. The first-order valence-electron chi connectivity index (χ1n) is 13.4. The van der Waals surface area contributed by atoms with Crippen LogP contribution in [0.2, 0.25) is 0 Å². The van der Waals surface area contributed by atoms with Gasteiger partial charge in [-0.1, -0.05) is 0 Å². The number of benzene rings is 2. The van der Waals surface area contributed by atoms with E-state index in [-0.39, 0.29) is 24.3 Å². The van der Waals surface area contributed by atoms with E-state index in [0.717, 1.165) is 48.7 Å². The second-order valence-corrected chi connectivity index (χ2v) is 10.5. The van der Waals surface area contributed by atoms with Crippen LogP contribution in [0.3, 0.4) is 0 Å². The number of nitriles is 1. The van der Waals surface area contributed by atoms with Gasteiger partial charge in [-0.15, -0.1) is 0 Å². The van der Waals surface area contributed by atoms with Crippen molar-refractivity contribution < 1.29 is 4.79 Å². The summed E-state index contributed by atoms with van der Waals surface area (Å²) >= 11 is 0. The number of hydrazine groups is 1. The first kappa shape index (κ1) is 25.5. The molecule has 0 radical (unpaired) electrons. The lowest BCUT2D eigenvalue weighted by atomic mass is 9.89. The second-order valence-electron chi connectivity index (χ2n) is 10.5. The van der Waals surface area contributed by atoms with E-state index < -0.39 is 0 Å². The molecule has 37 heavy (non-hydrogen) atoms. The minimum absolute atomic E-state index is 0.0202. The molecule has 3 aliphatic rings. The summed E-state index contributed by atoms with van der Waals surface area (Å²) in [6, 6.07) is 15.8. The summed E-state index contributed by atoms with van der Waals surface area (Å²) in [6.45, 7) is 7.34. The lowest BCUT2D eigenvalue weighted by Crippen LogP contribution is -2.60. The largest absolute Gasteiger partial charge is 0.357 e. The van der Waals surface area contributed by atoms with Gasteiger partial charge >= 0.3 is 0 Å². The predicted molar refractivity (Wildman–Crippen MR) is 147 cm³/mol. The van der Waals surface area contributed by atoms with Gasteiger partial charge in [0.05, 0.1) is 17.3 Å². The quantitative estimate of drug-likeness (QED) is 0.357. The number of carbonyl (C=O) groups is 1. The Balaban J connectivity index is 1.20. The number of nitrogens with zero attached hydrogens (tertiary/aromatic N) is 2. The average Bonchev–Trinajstić information content (AvgIpc) is 3.33. The fourth-order valence-electron chi connectivity index (χ4n) is 5.71. The molecular formula is C28H38N8O. The molecule has 9 heteroatoms. The van der Waals surface area contributed by atoms with Gasteiger partial charge in [-0.2, -0.15) is 5.26 Å². The number of piperidine rings is 1.